The SMILES string of the molecule is CC(C)(C)NC(=O)CN1CCN(C(=O)C2CC(c3ccccc3)NN2)CC1. The van der Waals surface area contributed by atoms with E-state index in [9.17, 15) is 9.59 Å². The number of nitrogens with zero attached hydrogens (tertiary/aromatic N) is 2. The second kappa shape index (κ2) is 8.37. The van der Waals surface area contributed by atoms with E-state index in [2.05, 4.69) is 33.2 Å². The van der Waals surface area contributed by atoms with E-state index >= 15 is 0 Å². The Morgan fingerprint density at radius 1 is 1.07 bits per heavy atom. The molecule has 7 heteroatoms. The standard InChI is InChI=1S/C20H31N5O2/c1-20(2,3)21-18(26)14-24-9-11-25(12-10-24)19(27)17-13-16(22-23-17)15-7-5-4-6-8-15/h4-8,16-17,22-23H,9-14H2,1-3H3,(H,21,26). The number of carbonyl (C=O) groups is 2. The van der Waals surface area contributed by atoms with Crippen molar-refractivity contribution in [3.05, 3.63) is 35.9 Å². The molecule has 27 heavy (non-hydrogen) atoms. The van der Waals surface area contributed by atoms with Crippen molar-refractivity contribution < 1.29 is 9.59 Å². The molecule has 0 bridgehead atoms. The molecule has 2 aliphatic rings. The van der Waals surface area contributed by atoms with E-state index in [4.69, 9.17) is 0 Å². The monoisotopic (exact) mass is 373 g/mol. The molecule has 2 fully saturated rings. The minimum atomic E-state index is -0.217. The molecule has 2 unspecified atom stereocenters. The highest BCUT2D eigenvalue weighted by Crippen LogP contribution is 2.23. The third-order valence-electron chi connectivity index (χ3n) is 4.97. The molecule has 1 aromatic carbocycles. The minimum Gasteiger partial charge on any atom is -0.350 e. The Morgan fingerprint density at radius 3 is 2.37 bits per heavy atom. The summed E-state index contributed by atoms with van der Waals surface area (Å²) in [7, 11) is 0. The number of rotatable bonds is 4. The Hall–Kier alpha value is -1.96. The first-order chi connectivity index (χ1) is 12.8. The molecule has 0 spiro atoms. The molecule has 0 aliphatic carbocycles. The Morgan fingerprint density at radius 2 is 1.74 bits per heavy atom. The van der Waals surface area contributed by atoms with Gasteiger partial charge in [-0.15, -0.1) is 0 Å². The average molecular weight is 374 g/mol. The van der Waals surface area contributed by atoms with Gasteiger partial charge in [-0.3, -0.25) is 14.5 Å². The summed E-state index contributed by atoms with van der Waals surface area (Å²) in [4.78, 5) is 28.9. The van der Waals surface area contributed by atoms with Crippen LogP contribution in [0, 0.1) is 0 Å². The highest BCUT2D eigenvalue weighted by atomic mass is 16.2. The quantitative estimate of drug-likeness (QED) is 0.723. The predicted octanol–water partition coefficient (Wildman–Crippen LogP) is 0.653. The van der Waals surface area contributed by atoms with Gasteiger partial charge in [0.2, 0.25) is 11.8 Å². The van der Waals surface area contributed by atoms with Crippen LogP contribution >= 0.6 is 0 Å². The molecule has 0 aromatic heterocycles. The Bertz CT molecular complexity index is 650. The molecule has 1 aromatic rings. The van der Waals surface area contributed by atoms with E-state index in [1.807, 2.05) is 43.9 Å². The van der Waals surface area contributed by atoms with Crippen molar-refractivity contribution in [1.82, 2.24) is 26.0 Å². The van der Waals surface area contributed by atoms with Crippen LogP contribution in [-0.2, 0) is 9.59 Å². The highest BCUT2D eigenvalue weighted by molar-refractivity contribution is 5.82. The highest BCUT2D eigenvalue weighted by Gasteiger charge is 2.34. The Balaban J connectivity index is 1.44. The van der Waals surface area contributed by atoms with Crippen LogP contribution in [0.25, 0.3) is 0 Å². The maximum absolute atomic E-state index is 12.8. The summed E-state index contributed by atoms with van der Waals surface area (Å²) in [5, 5.41) is 2.99. The van der Waals surface area contributed by atoms with Gasteiger partial charge in [0, 0.05) is 37.8 Å². The molecule has 0 radical (unpaired) electrons. The van der Waals surface area contributed by atoms with Crippen molar-refractivity contribution >= 4 is 11.8 Å². The van der Waals surface area contributed by atoms with Crippen LogP contribution in [0.3, 0.4) is 0 Å². The molecule has 148 valence electrons. The molecule has 2 atom stereocenters. The summed E-state index contributed by atoms with van der Waals surface area (Å²) in [6, 6.07) is 10.1. The molecule has 2 saturated heterocycles. The van der Waals surface area contributed by atoms with Crippen LogP contribution in [0.4, 0.5) is 0 Å². The summed E-state index contributed by atoms with van der Waals surface area (Å²) in [6.45, 7) is 9.11. The van der Waals surface area contributed by atoms with Crippen molar-refractivity contribution in [2.45, 2.75) is 44.8 Å². The number of nitrogens with one attached hydrogen (secondary N) is 3. The second-order valence-electron chi connectivity index (χ2n) is 8.44. The smallest absolute Gasteiger partial charge is 0.241 e. The van der Waals surface area contributed by atoms with Crippen molar-refractivity contribution in [3.63, 3.8) is 0 Å². The van der Waals surface area contributed by atoms with Gasteiger partial charge < -0.3 is 10.2 Å². The molecule has 3 rings (SSSR count). The average Bonchev–Trinajstić information content (AvgIpc) is 3.11. The van der Waals surface area contributed by atoms with E-state index < -0.39 is 0 Å². The fraction of sp³-hybridized carbons (Fsp3) is 0.600. The predicted molar refractivity (Wildman–Crippen MR) is 105 cm³/mol. The largest absolute Gasteiger partial charge is 0.350 e. The van der Waals surface area contributed by atoms with Crippen molar-refractivity contribution in [1.29, 1.82) is 0 Å². The van der Waals surface area contributed by atoms with Gasteiger partial charge in [-0.05, 0) is 32.8 Å². The lowest BCUT2D eigenvalue weighted by atomic mass is 10.0. The Labute approximate surface area is 161 Å². The van der Waals surface area contributed by atoms with Crippen LogP contribution in [0.5, 0.6) is 0 Å². The normalized spacial score (nSPS) is 24.0. The van der Waals surface area contributed by atoms with Crippen LogP contribution in [-0.4, -0.2) is 65.9 Å². The number of piperazine rings is 1. The van der Waals surface area contributed by atoms with E-state index in [1.54, 1.807) is 0 Å². The number of benzene rings is 1. The number of hydrazine groups is 1. The summed E-state index contributed by atoms with van der Waals surface area (Å²) in [5.74, 6) is 0.175. The van der Waals surface area contributed by atoms with Crippen LogP contribution in [0.15, 0.2) is 30.3 Å². The lowest BCUT2D eigenvalue weighted by Crippen LogP contribution is -2.55. The summed E-state index contributed by atoms with van der Waals surface area (Å²) >= 11 is 0. The van der Waals surface area contributed by atoms with E-state index in [0.717, 1.165) is 19.5 Å². The maximum atomic E-state index is 12.8. The van der Waals surface area contributed by atoms with Gasteiger partial charge in [-0.1, -0.05) is 30.3 Å². The number of carbonyl (C=O) groups excluding carboxylic acids is 2. The van der Waals surface area contributed by atoms with Crippen LogP contribution in [0.1, 0.15) is 38.8 Å². The van der Waals surface area contributed by atoms with Gasteiger partial charge in [0.05, 0.1) is 6.54 Å². The molecule has 2 amide bonds. The summed E-state index contributed by atoms with van der Waals surface area (Å²) < 4.78 is 0. The first-order valence-electron chi connectivity index (χ1n) is 9.70. The third-order valence-corrected chi connectivity index (χ3v) is 4.97. The van der Waals surface area contributed by atoms with Gasteiger partial charge in [0.15, 0.2) is 0 Å². The zero-order valence-electron chi connectivity index (χ0n) is 16.5. The van der Waals surface area contributed by atoms with Crippen LogP contribution in [0.2, 0.25) is 0 Å². The zero-order valence-corrected chi connectivity index (χ0v) is 16.5. The number of hydrogen-bond acceptors (Lipinski definition) is 5. The number of hydrogen-bond donors (Lipinski definition) is 3. The second-order valence-corrected chi connectivity index (χ2v) is 8.44. The minimum absolute atomic E-state index is 0.0367. The summed E-state index contributed by atoms with van der Waals surface area (Å²) in [5.41, 5.74) is 7.36. The van der Waals surface area contributed by atoms with E-state index in [1.165, 1.54) is 5.56 Å². The van der Waals surface area contributed by atoms with Crippen molar-refractivity contribution in [2.24, 2.45) is 0 Å². The molecule has 0 saturated carbocycles. The lowest BCUT2D eigenvalue weighted by Gasteiger charge is -2.36. The molecular weight excluding hydrogens is 342 g/mol. The van der Waals surface area contributed by atoms with Gasteiger partial charge in [-0.25, -0.2) is 10.9 Å². The molecular formula is C20H31N5O2. The number of amides is 2. The maximum Gasteiger partial charge on any atom is 0.241 e. The van der Waals surface area contributed by atoms with Crippen molar-refractivity contribution in [2.75, 3.05) is 32.7 Å². The topological polar surface area (TPSA) is 76.7 Å². The molecule has 7 nitrogen and oxygen atoms in total. The third kappa shape index (κ3) is 5.51. The zero-order chi connectivity index (χ0) is 19.4. The van der Waals surface area contributed by atoms with Gasteiger partial charge in [0.25, 0.3) is 0 Å². The first kappa shape index (κ1) is 19.8. The summed E-state index contributed by atoms with van der Waals surface area (Å²) in [6.07, 6.45) is 0.747. The first-order valence-corrected chi connectivity index (χ1v) is 9.70. The fourth-order valence-electron chi connectivity index (χ4n) is 3.63. The van der Waals surface area contributed by atoms with Gasteiger partial charge in [-0.2, -0.15) is 0 Å². The van der Waals surface area contributed by atoms with Crippen molar-refractivity contribution in [3.8, 4) is 0 Å². The molecule has 3 N–H and O–H groups in total. The van der Waals surface area contributed by atoms with E-state index in [0.29, 0.717) is 19.6 Å². The molecule has 2 heterocycles. The lowest BCUT2D eigenvalue weighted by molar-refractivity contribution is -0.135. The van der Waals surface area contributed by atoms with Crippen LogP contribution < -0.4 is 16.2 Å². The van der Waals surface area contributed by atoms with Gasteiger partial charge >= 0.3 is 0 Å². The van der Waals surface area contributed by atoms with E-state index in [-0.39, 0.29) is 29.4 Å². The van der Waals surface area contributed by atoms with Gasteiger partial charge in [0.1, 0.15) is 6.04 Å². The fourth-order valence-corrected chi connectivity index (χ4v) is 3.63. The molecule has 2 aliphatic heterocycles. The Kier molecular flexibility index (Phi) is 6.14.